The number of nitrogens with zero attached hydrogens (tertiary/aromatic N) is 5. The Bertz CT molecular complexity index is 2010. The van der Waals surface area contributed by atoms with Crippen LogP contribution >= 0.6 is 0 Å². The van der Waals surface area contributed by atoms with Gasteiger partial charge in [-0.3, -0.25) is 9.20 Å². The summed E-state index contributed by atoms with van der Waals surface area (Å²) in [6, 6.07) is 22.4. The maximum absolute atomic E-state index is 14.5. The fraction of sp³-hybridized carbons (Fsp3) is 0.118. The number of imidazole rings is 1. The van der Waals surface area contributed by atoms with Gasteiger partial charge in [0.25, 0.3) is 5.91 Å². The van der Waals surface area contributed by atoms with E-state index in [-0.39, 0.29) is 5.69 Å². The number of fused-ring (bicyclic) bond motifs is 1. The Morgan fingerprint density at radius 2 is 1.62 bits per heavy atom. The highest BCUT2D eigenvalue weighted by atomic mass is 19.1. The van der Waals surface area contributed by atoms with Crippen LogP contribution in [0.4, 0.5) is 30.5 Å². The van der Waals surface area contributed by atoms with Gasteiger partial charge in [-0.1, -0.05) is 30.3 Å². The third-order valence-corrected chi connectivity index (χ3v) is 7.10. The lowest BCUT2D eigenvalue weighted by molar-refractivity contribution is 0.101. The van der Waals surface area contributed by atoms with Crippen molar-refractivity contribution in [3.05, 3.63) is 126 Å². The minimum Gasteiger partial charge on any atom is -0.324 e. The molecule has 0 atom stereocenters. The van der Waals surface area contributed by atoms with Gasteiger partial charge in [-0.15, -0.1) is 0 Å². The Hall–Kier alpha value is -5.55. The SMILES string of the molecule is CN(C)CCc1cccc(Nc2nccc(-c3c(-c4cccc(NC(=O)c5c(F)cccc5F)c4)nc4ccc(F)cn34)n2)c1. The third kappa shape index (κ3) is 6.53. The molecule has 0 spiro atoms. The molecule has 1 amide bonds. The summed E-state index contributed by atoms with van der Waals surface area (Å²) < 4.78 is 44.5. The van der Waals surface area contributed by atoms with Crippen molar-refractivity contribution in [2.75, 3.05) is 31.3 Å². The maximum atomic E-state index is 14.5. The Kier molecular flexibility index (Phi) is 8.26. The highest BCUT2D eigenvalue weighted by molar-refractivity contribution is 6.05. The molecule has 6 rings (SSSR count). The summed E-state index contributed by atoms with van der Waals surface area (Å²) in [6.07, 6.45) is 3.80. The summed E-state index contributed by atoms with van der Waals surface area (Å²) in [5.74, 6) is -3.01. The lowest BCUT2D eigenvalue weighted by atomic mass is 10.1. The molecule has 0 aliphatic rings. The number of rotatable bonds is 9. The van der Waals surface area contributed by atoms with Gasteiger partial charge in [-0.2, -0.15) is 0 Å². The Morgan fingerprint density at radius 1 is 0.867 bits per heavy atom. The second kappa shape index (κ2) is 12.6. The molecule has 0 unspecified atom stereocenters. The van der Waals surface area contributed by atoms with Gasteiger partial charge in [0, 0.05) is 35.9 Å². The number of hydrogen-bond acceptors (Lipinski definition) is 6. The maximum Gasteiger partial charge on any atom is 0.261 e. The topological polar surface area (TPSA) is 87.5 Å². The predicted octanol–water partition coefficient (Wildman–Crippen LogP) is 6.98. The first-order chi connectivity index (χ1) is 21.7. The van der Waals surface area contributed by atoms with Gasteiger partial charge in [-0.25, -0.2) is 28.1 Å². The molecule has 0 saturated heterocycles. The molecule has 6 aromatic rings. The molecule has 11 heteroatoms. The van der Waals surface area contributed by atoms with E-state index in [2.05, 4.69) is 26.6 Å². The first-order valence-electron chi connectivity index (χ1n) is 14.1. The van der Waals surface area contributed by atoms with Crippen LogP contribution in [0.25, 0.3) is 28.3 Å². The smallest absolute Gasteiger partial charge is 0.261 e. The van der Waals surface area contributed by atoms with Gasteiger partial charge in [-0.05, 0) is 80.7 Å². The van der Waals surface area contributed by atoms with Crippen molar-refractivity contribution < 1.29 is 18.0 Å². The van der Waals surface area contributed by atoms with Gasteiger partial charge in [0.15, 0.2) is 0 Å². The van der Waals surface area contributed by atoms with E-state index < -0.39 is 28.9 Å². The van der Waals surface area contributed by atoms with Gasteiger partial charge in [0.1, 0.15) is 28.7 Å². The van der Waals surface area contributed by atoms with Crippen molar-refractivity contribution in [1.29, 1.82) is 0 Å². The van der Waals surface area contributed by atoms with Crippen LogP contribution < -0.4 is 10.6 Å². The summed E-state index contributed by atoms with van der Waals surface area (Å²) in [5.41, 5.74) is 4.00. The molecule has 2 N–H and O–H groups in total. The molecule has 226 valence electrons. The molecule has 0 radical (unpaired) electrons. The molecule has 0 fully saturated rings. The Balaban J connectivity index is 1.36. The van der Waals surface area contributed by atoms with E-state index in [0.29, 0.717) is 34.2 Å². The number of aromatic nitrogens is 4. The predicted molar refractivity (Wildman–Crippen MR) is 168 cm³/mol. The number of amides is 1. The number of benzene rings is 3. The number of carbonyl (C=O) groups excluding carboxylic acids is 1. The van der Waals surface area contributed by atoms with Crippen LogP contribution in [-0.2, 0) is 6.42 Å². The summed E-state index contributed by atoms with van der Waals surface area (Å²) in [4.78, 5) is 28.8. The molecule has 3 aromatic carbocycles. The van der Waals surface area contributed by atoms with E-state index in [1.165, 1.54) is 18.3 Å². The zero-order valence-corrected chi connectivity index (χ0v) is 24.4. The van der Waals surface area contributed by atoms with E-state index >= 15 is 0 Å². The van der Waals surface area contributed by atoms with Crippen molar-refractivity contribution in [3.8, 4) is 22.6 Å². The Morgan fingerprint density at radius 3 is 2.42 bits per heavy atom. The van der Waals surface area contributed by atoms with Crippen LogP contribution in [0, 0.1) is 17.5 Å². The fourth-order valence-electron chi connectivity index (χ4n) is 4.95. The van der Waals surface area contributed by atoms with Crippen LogP contribution in [0.5, 0.6) is 0 Å². The highest BCUT2D eigenvalue weighted by Gasteiger charge is 2.21. The van der Waals surface area contributed by atoms with Crippen LogP contribution in [0.3, 0.4) is 0 Å². The van der Waals surface area contributed by atoms with E-state index in [0.717, 1.165) is 36.3 Å². The quantitative estimate of drug-likeness (QED) is 0.185. The zero-order chi connectivity index (χ0) is 31.5. The lowest BCUT2D eigenvalue weighted by Crippen LogP contribution is -2.15. The van der Waals surface area contributed by atoms with Crippen molar-refractivity contribution >= 4 is 28.9 Å². The number of halogens is 3. The van der Waals surface area contributed by atoms with Gasteiger partial charge in [0.2, 0.25) is 5.95 Å². The number of hydrogen-bond donors (Lipinski definition) is 2. The molecule has 8 nitrogen and oxygen atoms in total. The highest BCUT2D eigenvalue weighted by Crippen LogP contribution is 2.34. The van der Waals surface area contributed by atoms with Gasteiger partial charge >= 0.3 is 0 Å². The first-order valence-corrected chi connectivity index (χ1v) is 14.1. The van der Waals surface area contributed by atoms with Crippen molar-refractivity contribution in [1.82, 2.24) is 24.3 Å². The van der Waals surface area contributed by atoms with E-state index in [9.17, 15) is 18.0 Å². The first kappa shape index (κ1) is 29.5. The minimum atomic E-state index is -0.971. The molecule has 0 bridgehead atoms. The number of nitrogens with one attached hydrogen (secondary N) is 2. The van der Waals surface area contributed by atoms with Crippen molar-refractivity contribution in [3.63, 3.8) is 0 Å². The largest absolute Gasteiger partial charge is 0.324 e. The number of pyridine rings is 1. The second-order valence-corrected chi connectivity index (χ2v) is 10.7. The standard InChI is InChI=1S/C34H28F3N7O/c1-43(2)17-15-21-6-3-8-24(18-21)40-34-38-16-14-28(41-34)32-31(42-29-13-12-23(35)20-44(29)32)22-7-4-9-25(19-22)39-33(45)30-26(36)10-5-11-27(30)37/h3-14,16,18-20H,15,17H2,1-2H3,(H,39,45)(H,38,40,41). The molecule has 0 saturated carbocycles. The normalized spacial score (nSPS) is 11.2. The average Bonchev–Trinajstić information content (AvgIpc) is 3.39. The summed E-state index contributed by atoms with van der Waals surface area (Å²) in [6.45, 7) is 0.911. The molecule has 3 heterocycles. The molecule has 3 aromatic heterocycles. The van der Waals surface area contributed by atoms with E-state index in [1.54, 1.807) is 47.0 Å². The van der Waals surface area contributed by atoms with Crippen molar-refractivity contribution in [2.24, 2.45) is 0 Å². The molecule has 45 heavy (non-hydrogen) atoms. The van der Waals surface area contributed by atoms with Crippen molar-refractivity contribution in [2.45, 2.75) is 6.42 Å². The number of carbonyl (C=O) groups is 1. The lowest BCUT2D eigenvalue weighted by Gasteiger charge is -2.12. The summed E-state index contributed by atoms with van der Waals surface area (Å²) in [7, 11) is 4.06. The van der Waals surface area contributed by atoms with Crippen LogP contribution in [0.15, 0.2) is 97.3 Å². The van der Waals surface area contributed by atoms with Gasteiger partial charge in [0.05, 0.1) is 17.1 Å². The second-order valence-electron chi connectivity index (χ2n) is 10.7. The van der Waals surface area contributed by atoms with E-state index in [4.69, 9.17) is 9.97 Å². The van der Waals surface area contributed by atoms with Crippen LogP contribution in [0.2, 0.25) is 0 Å². The average molecular weight is 608 g/mol. The number of anilines is 3. The van der Waals surface area contributed by atoms with Gasteiger partial charge < -0.3 is 15.5 Å². The molecular formula is C34H28F3N7O. The monoisotopic (exact) mass is 607 g/mol. The summed E-state index contributed by atoms with van der Waals surface area (Å²) >= 11 is 0. The third-order valence-electron chi connectivity index (χ3n) is 7.10. The molecule has 0 aliphatic heterocycles. The van der Waals surface area contributed by atoms with Crippen LogP contribution in [0.1, 0.15) is 15.9 Å². The summed E-state index contributed by atoms with van der Waals surface area (Å²) in [5, 5.41) is 5.82. The van der Waals surface area contributed by atoms with Crippen LogP contribution in [-0.4, -0.2) is 50.8 Å². The Labute approximate surface area is 257 Å². The molecule has 0 aliphatic carbocycles. The molecular weight excluding hydrogens is 579 g/mol. The zero-order valence-electron chi connectivity index (χ0n) is 24.4. The van der Waals surface area contributed by atoms with E-state index in [1.807, 2.05) is 32.3 Å². The number of likely N-dealkylation sites (N-methyl/N-ethyl adjacent to an activating group) is 1. The minimum absolute atomic E-state index is 0.286. The fourth-order valence-corrected chi connectivity index (χ4v) is 4.95.